The lowest BCUT2D eigenvalue weighted by Gasteiger charge is -1.95. The van der Waals surface area contributed by atoms with Crippen LogP contribution in [0, 0.1) is 18.4 Å². The molecule has 11 heavy (non-hydrogen) atoms. The maximum atomic E-state index is 10.5. The number of benzene rings is 1. The molecule has 1 aromatic rings. The number of hydrogen-bond donors (Lipinski definition) is 1. The van der Waals surface area contributed by atoms with Crippen LogP contribution in [0.3, 0.4) is 0 Å². The van der Waals surface area contributed by atoms with E-state index in [2.05, 4.69) is 12.0 Å². The summed E-state index contributed by atoms with van der Waals surface area (Å²) >= 11 is 0. The van der Waals surface area contributed by atoms with Crippen LogP contribution in [0.1, 0.15) is 15.9 Å². The Morgan fingerprint density at radius 2 is 2.45 bits per heavy atom. The van der Waals surface area contributed by atoms with Crippen molar-refractivity contribution < 1.29 is 9.90 Å². The molecule has 0 bridgehead atoms. The lowest BCUT2D eigenvalue weighted by Crippen LogP contribution is -1.98. The van der Waals surface area contributed by atoms with E-state index >= 15 is 0 Å². The molecule has 2 heteroatoms. The molecule has 0 fully saturated rings. The number of carboxylic acids is 1. The Balaban J connectivity index is 3.26. The van der Waals surface area contributed by atoms with E-state index in [-0.39, 0.29) is 5.56 Å². The minimum Gasteiger partial charge on any atom is -0.478 e. The van der Waals surface area contributed by atoms with Crippen molar-refractivity contribution in [2.45, 2.75) is 0 Å². The summed E-state index contributed by atoms with van der Waals surface area (Å²) in [6, 6.07) is 7.12. The zero-order chi connectivity index (χ0) is 8.27. The molecule has 0 unspecified atom stereocenters. The molecule has 0 aliphatic rings. The van der Waals surface area contributed by atoms with Gasteiger partial charge in [-0.1, -0.05) is 12.0 Å². The predicted molar refractivity (Wildman–Crippen MR) is 40.2 cm³/mol. The van der Waals surface area contributed by atoms with E-state index in [0.29, 0.717) is 5.56 Å². The summed E-state index contributed by atoms with van der Waals surface area (Å²) in [5.74, 6) is 1.26. The molecule has 0 aromatic heterocycles. The minimum atomic E-state index is -1.01. The molecule has 0 saturated carbocycles. The third kappa shape index (κ3) is 1.39. The highest BCUT2D eigenvalue weighted by molar-refractivity contribution is 5.90. The molecule has 1 radical (unpaired) electrons. The fourth-order valence-corrected chi connectivity index (χ4v) is 0.736. The first-order valence-corrected chi connectivity index (χ1v) is 2.95. The van der Waals surface area contributed by atoms with Gasteiger partial charge in [0.05, 0.1) is 5.56 Å². The van der Waals surface area contributed by atoms with Gasteiger partial charge in [-0.05, 0) is 18.2 Å². The van der Waals surface area contributed by atoms with E-state index in [4.69, 9.17) is 11.5 Å². The standard InChI is InChI=1S/C9H5O2/c1-2-7-5-3-4-6-8(7)9(10)11/h1,4-6H,(H,10,11). The van der Waals surface area contributed by atoms with E-state index in [1.165, 1.54) is 18.2 Å². The minimum absolute atomic E-state index is 0.145. The van der Waals surface area contributed by atoms with Crippen LogP contribution in [0.4, 0.5) is 0 Å². The number of carboxylic acid groups (broad SMARTS) is 1. The highest BCUT2D eigenvalue weighted by atomic mass is 16.4. The Morgan fingerprint density at radius 3 is 2.91 bits per heavy atom. The summed E-state index contributed by atoms with van der Waals surface area (Å²) in [4.78, 5) is 10.5. The van der Waals surface area contributed by atoms with Crippen LogP contribution in [-0.2, 0) is 0 Å². The van der Waals surface area contributed by atoms with Crippen LogP contribution in [0.2, 0.25) is 0 Å². The van der Waals surface area contributed by atoms with Crippen molar-refractivity contribution in [2.75, 3.05) is 0 Å². The maximum absolute atomic E-state index is 10.5. The molecule has 1 aromatic carbocycles. The van der Waals surface area contributed by atoms with Crippen LogP contribution in [0.25, 0.3) is 0 Å². The van der Waals surface area contributed by atoms with Crippen molar-refractivity contribution in [2.24, 2.45) is 0 Å². The largest absolute Gasteiger partial charge is 0.478 e. The zero-order valence-corrected chi connectivity index (χ0v) is 5.66. The van der Waals surface area contributed by atoms with E-state index in [1.54, 1.807) is 0 Å². The second-order valence-corrected chi connectivity index (χ2v) is 1.92. The Labute approximate surface area is 64.5 Å². The maximum Gasteiger partial charge on any atom is 0.336 e. The average Bonchev–Trinajstić information content (AvgIpc) is 2.04. The van der Waals surface area contributed by atoms with Crippen LogP contribution in [0.5, 0.6) is 0 Å². The van der Waals surface area contributed by atoms with Crippen molar-refractivity contribution in [3.8, 4) is 12.3 Å². The molecule has 0 heterocycles. The van der Waals surface area contributed by atoms with Gasteiger partial charge in [0.15, 0.2) is 0 Å². The lowest BCUT2D eigenvalue weighted by molar-refractivity contribution is 0.0696. The molecule has 0 saturated heterocycles. The van der Waals surface area contributed by atoms with Gasteiger partial charge < -0.3 is 5.11 Å². The lowest BCUT2D eigenvalue weighted by atomic mass is 10.1. The second-order valence-electron chi connectivity index (χ2n) is 1.92. The zero-order valence-electron chi connectivity index (χ0n) is 5.66. The molecule has 1 rings (SSSR count). The van der Waals surface area contributed by atoms with Gasteiger partial charge in [0.25, 0.3) is 0 Å². The Hall–Kier alpha value is -1.75. The topological polar surface area (TPSA) is 37.3 Å². The first-order valence-electron chi connectivity index (χ1n) is 2.95. The van der Waals surface area contributed by atoms with Crippen molar-refractivity contribution in [1.29, 1.82) is 0 Å². The van der Waals surface area contributed by atoms with E-state index in [1.807, 2.05) is 0 Å². The van der Waals surface area contributed by atoms with Crippen LogP contribution < -0.4 is 0 Å². The van der Waals surface area contributed by atoms with E-state index < -0.39 is 5.97 Å². The smallest absolute Gasteiger partial charge is 0.336 e. The van der Waals surface area contributed by atoms with Crippen LogP contribution in [-0.4, -0.2) is 11.1 Å². The summed E-state index contributed by atoms with van der Waals surface area (Å²) in [5, 5.41) is 8.59. The molecule has 53 valence electrons. The molecule has 0 amide bonds. The molecule has 0 aliphatic heterocycles. The summed E-state index contributed by atoms with van der Waals surface area (Å²) in [6.45, 7) is 0. The van der Waals surface area contributed by atoms with Gasteiger partial charge in [-0.2, -0.15) is 0 Å². The van der Waals surface area contributed by atoms with Gasteiger partial charge in [0, 0.05) is 5.56 Å². The Kier molecular flexibility index (Phi) is 1.93. The highest BCUT2D eigenvalue weighted by Gasteiger charge is 2.05. The highest BCUT2D eigenvalue weighted by Crippen LogP contribution is 2.05. The van der Waals surface area contributed by atoms with Gasteiger partial charge >= 0.3 is 5.97 Å². The third-order valence-electron chi connectivity index (χ3n) is 1.25. The Bertz CT molecular complexity index is 321. The first-order chi connectivity index (χ1) is 5.25. The monoisotopic (exact) mass is 145 g/mol. The fourth-order valence-electron chi connectivity index (χ4n) is 0.736. The average molecular weight is 145 g/mol. The van der Waals surface area contributed by atoms with Crippen LogP contribution >= 0.6 is 0 Å². The summed E-state index contributed by atoms with van der Waals surface area (Å²) < 4.78 is 0. The molecule has 2 nitrogen and oxygen atoms in total. The molecular weight excluding hydrogens is 140 g/mol. The Morgan fingerprint density at radius 1 is 1.73 bits per heavy atom. The first kappa shape index (κ1) is 7.36. The number of hydrogen-bond acceptors (Lipinski definition) is 1. The van der Waals surface area contributed by atoms with Gasteiger partial charge in [-0.25, -0.2) is 4.79 Å². The van der Waals surface area contributed by atoms with Gasteiger partial charge in [0.2, 0.25) is 0 Å². The number of aromatic carboxylic acids is 1. The normalized spacial score (nSPS) is 8.64. The molecule has 0 atom stereocenters. The molecule has 0 aliphatic carbocycles. The number of carbonyl (C=O) groups is 1. The van der Waals surface area contributed by atoms with E-state index in [9.17, 15) is 4.79 Å². The van der Waals surface area contributed by atoms with Crippen LogP contribution in [0.15, 0.2) is 18.2 Å². The summed E-state index contributed by atoms with van der Waals surface area (Å²) in [6.07, 6.45) is 5.06. The van der Waals surface area contributed by atoms with Crippen molar-refractivity contribution in [3.63, 3.8) is 0 Å². The van der Waals surface area contributed by atoms with Crippen molar-refractivity contribution >= 4 is 5.97 Å². The van der Waals surface area contributed by atoms with Gasteiger partial charge in [0.1, 0.15) is 0 Å². The SMILES string of the molecule is C#Cc1c[c]ccc1C(=O)O. The molecule has 0 spiro atoms. The van der Waals surface area contributed by atoms with Gasteiger partial charge in [-0.3, -0.25) is 0 Å². The fraction of sp³-hybridized carbons (Fsp3) is 0. The quantitative estimate of drug-likeness (QED) is 0.602. The van der Waals surface area contributed by atoms with Gasteiger partial charge in [-0.15, -0.1) is 6.42 Å². The predicted octanol–water partition coefficient (Wildman–Crippen LogP) is 1.17. The molecule has 1 N–H and O–H groups in total. The molecular formula is C9H5O2. The third-order valence-corrected chi connectivity index (χ3v) is 1.25. The van der Waals surface area contributed by atoms with E-state index in [0.717, 1.165) is 0 Å². The number of terminal acetylenes is 1. The summed E-state index contributed by atoms with van der Waals surface area (Å²) in [7, 11) is 0. The number of rotatable bonds is 1. The summed E-state index contributed by atoms with van der Waals surface area (Å²) in [5.41, 5.74) is 0.506. The van der Waals surface area contributed by atoms with Crippen molar-refractivity contribution in [3.05, 3.63) is 35.4 Å². The second kappa shape index (κ2) is 2.89. The van der Waals surface area contributed by atoms with Crippen molar-refractivity contribution in [1.82, 2.24) is 0 Å².